The lowest BCUT2D eigenvalue weighted by atomic mass is 9.98. The molecular formula is C39H23N3O2. The average Bonchev–Trinajstić information content (AvgIpc) is 3.77. The zero-order chi connectivity index (χ0) is 37.7. The number of furan rings is 2. The molecule has 9 aromatic rings. The smallest absolute Gasteiger partial charge is 0.164 e. The highest BCUT2D eigenvalue weighted by Crippen LogP contribution is 2.43. The fourth-order valence-electron chi connectivity index (χ4n) is 5.65. The SMILES string of the molecule is [2H]c1c([2H])c([2H])c(-c2nc(-c3c([2H])c([2H])c([2H])c([2H])c3[2H])nc(-c3cccc4oc5c(-c6cccc7c6oc6ccccc67)cccc5c34)n2)c([2H])c1[2H]. The Morgan fingerprint density at radius 3 is 1.64 bits per heavy atom. The summed E-state index contributed by atoms with van der Waals surface area (Å²) < 4.78 is 96.9. The van der Waals surface area contributed by atoms with Gasteiger partial charge in [-0.05, 0) is 12.1 Å². The van der Waals surface area contributed by atoms with E-state index in [1.807, 2.05) is 60.7 Å². The molecule has 0 aliphatic carbocycles. The van der Waals surface area contributed by atoms with Gasteiger partial charge in [0, 0.05) is 49.4 Å². The van der Waals surface area contributed by atoms with Crippen LogP contribution in [0.3, 0.4) is 0 Å². The van der Waals surface area contributed by atoms with Crippen molar-refractivity contribution in [1.29, 1.82) is 0 Å². The summed E-state index contributed by atoms with van der Waals surface area (Å²) in [6, 6.07) is 18.6. The van der Waals surface area contributed by atoms with Crippen molar-refractivity contribution >= 4 is 43.9 Å². The third kappa shape index (κ3) is 3.83. The molecule has 3 aromatic heterocycles. The second-order valence-electron chi connectivity index (χ2n) is 10.0. The summed E-state index contributed by atoms with van der Waals surface area (Å²) in [4.78, 5) is 13.7. The van der Waals surface area contributed by atoms with Gasteiger partial charge in [0.1, 0.15) is 22.3 Å². The Morgan fingerprint density at radius 1 is 0.432 bits per heavy atom. The summed E-state index contributed by atoms with van der Waals surface area (Å²) in [5.74, 6) is -0.742. The van der Waals surface area contributed by atoms with Gasteiger partial charge in [-0.3, -0.25) is 0 Å². The van der Waals surface area contributed by atoms with Crippen molar-refractivity contribution in [2.45, 2.75) is 0 Å². The first-order chi connectivity index (χ1) is 26.0. The maximum atomic E-state index is 8.66. The van der Waals surface area contributed by atoms with Crippen LogP contribution in [0.5, 0.6) is 0 Å². The van der Waals surface area contributed by atoms with Crippen molar-refractivity contribution < 1.29 is 22.5 Å². The lowest BCUT2D eigenvalue weighted by Crippen LogP contribution is -2.00. The number of hydrogen-bond donors (Lipinski definition) is 0. The number of rotatable bonds is 4. The van der Waals surface area contributed by atoms with Gasteiger partial charge in [0.05, 0.1) is 13.7 Å². The standard InChI is InChI=1S/C39H23N3O2/c1-3-12-24(13-4-1)37-40-38(25-14-5-2-6-15-25)42-39(41-37)31-21-11-23-33-34(31)30-20-10-19-29(36(30)44-33)28-18-9-17-27-26-16-7-8-22-32(26)43-35(27)28/h1-23H/i1D,2D,3D,4D,5D,6D,12D,13D,14D,15D. The highest BCUT2D eigenvalue weighted by atomic mass is 16.3. The number of aromatic nitrogens is 3. The molecule has 0 N–H and O–H groups in total. The van der Waals surface area contributed by atoms with Crippen molar-refractivity contribution in [3.8, 4) is 45.3 Å². The largest absolute Gasteiger partial charge is 0.455 e. The van der Waals surface area contributed by atoms with Gasteiger partial charge in [-0.25, -0.2) is 15.0 Å². The summed E-state index contributed by atoms with van der Waals surface area (Å²) >= 11 is 0. The van der Waals surface area contributed by atoms with E-state index in [1.165, 1.54) is 0 Å². The van der Waals surface area contributed by atoms with Gasteiger partial charge in [0.15, 0.2) is 17.5 Å². The van der Waals surface area contributed by atoms with Crippen molar-refractivity contribution in [3.63, 3.8) is 0 Å². The first-order valence-corrected chi connectivity index (χ1v) is 13.7. The van der Waals surface area contributed by atoms with E-state index in [1.54, 1.807) is 18.2 Å². The van der Waals surface area contributed by atoms with Gasteiger partial charge >= 0.3 is 0 Å². The van der Waals surface area contributed by atoms with Crippen LogP contribution in [0.25, 0.3) is 89.2 Å². The van der Waals surface area contributed by atoms with Crippen molar-refractivity contribution in [2.75, 3.05) is 0 Å². The topological polar surface area (TPSA) is 65.0 Å². The van der Waals surface area contributed by atoms with E-state index in [4.69, 9.17) is 22.5 Å². The van der Waals surface area contributed by atoms with Crippen LogP contribution in [0.15, 0.2) is 148 Å². The predicted octanol–water partition coefficient (Wildman–Crippen LogP) is 10.3. The Kier molecular flexibility index (Phi) is 3.66. The van der Waals surface area contributed by atoms with Crippen LogP contribution >= 0.6 is 0 Å². The summed E-state index contributed by atoms with van der Waals surface area (Å²) in [6.07, 6.45) is 0. The molecule has 0 atom stereocenters. The molecule has 5 nitrogen and oxygen atoms in total. The van der Waals surface area contributed by atoms with Crippen LogP contribution in [-0.2, 0) is 0 Å². The average molecular weight is 576 g/mol. The van der Waals surface area contributed by atoms with Crippen molar-refractivity contribution in [3.05, 3.63) is 139 Å². The van der Waals surface area contributed by atoms with Crippen LogP contribution in [0, 0.1) is 0 Å². The molecular weight excluding hydrogens is 542 g/mol. The van der Waals surface area contributed by atoms with E-state index >= 15 is 0 Å². The predicted molar refractivity (Wildman–Crippen MR) is 176 cm³/mol. The van der Waals surface area contributed by atoms with Gasteiger partial charge in [0.2, 0.25) is 0 Å². The Bertz CT molecular complexity index is 2940. The van der Waals surface area contributed by atoms with Gasteiger partial charge in [-0.15, -0.1) is 0 Å². The molecule has 0 aliphatic rings. The van der Waals surface area contributed by atoms with E-state index in [2.05, 4.69) is 15.0 Å². The molecule has 0 unspecified atom stereocenters. The Hall–Kier alpha value is -6.07. The Balaban J connectivity index is 1.34. The normalized spacial score (nSPS) is 14.8. The molecule has 0 aliphatic heterocycles. The Morgan fingerprint density at radius 2 is 0.932 bits per heavy atom. The molecule has 206 valence electrons. The van der Waals surface area contributed by atoms with Crippen LogP contribution in [0.2, 0.25) is 0 Å². The van der Waals surface area contributed by atoms with E-state index in [0.717, 1.165) is 27.5 Å². The van der Waals surface area contributed by atoms with Crippen LogP contribution in [-0.4, -0.2) is 15.0 Å². The Labute approximate surface area is 266 Å². The summed E-state index contributed by atoms with van der Waals surface area (Å²) in [5, 5.41) is 3.19. The monoisotopic (exact) mass is 575 g/mol. The number of benzene rings is 6. The summed E-state index contributed by atoms with van der Waals surface area (Å²) in [7, 11) is 0. The minimum absolute atomic E-state index is 0.0493. The lowest BCUT2D eigenvalue weighted by Gasteiger charge is -2.09. The maximum Gasteiger partial charge on any atom is 0.164 e. The van der Waals surface area contributed by atoms with Crippen molar-refractivity contribution in [2.24, 2.45) is 0 Å². The molecule has 9 rings (SSSR count). The van der Waals surface area contributed by atoms with E-state index in [9.17, 15) is 0 Å². The summed E-state index contributed by atoms with van der Waals surface area (Å²) in [6.45, 7) is 0. The van der Waals surface area contributed by atoms with Crippen LogP contribution in [0.4, 0.5) is 0 Å². The molecule has 3 heterocycles. The molecule has 0 bridgehead atoms. The van der Waals surface area contributed by atoms with E-state index in [-0.39, 0.29) is 28.6 Å². The highest BCUT2D eigenvalue weighted by molar-refractivity contribution is 6.17. The van der Waals surface area contributed by atoms with Crippen molar-refractivity contribution in [1.82, 2.24) is 15.0 Å². The zero-order valence-corrected chi connectivity index (χ0v) is 22.7. The van der Waals surface area contributed by atoms with Crippen LogP contribution in [0.1, 0.15) is 13.7 Å². The molecule has 0 spiro atoms. The fourth-order valence-corrected chi connectivity index (χ4v) is 5.65. The van der Waals surface area contributed by atoms with Gasteiger partial charge in [-0.1, -0.05) is 127 Å². The lowest BCUT2D eigenvalue weighted by molar-refractivity contribution is 0.665. The highest BCUT2D eigenvalue weighted by Gasteiger charge is 2.21. The molecule has 6 aromatic carbocycles. The number of fused-ring (bicyclic) bond motifs is 6. The third-order valence-electron chi connectivity index (χ3n) is 7.54. The molecule has 0 fully saturated rings. The second kappa shape index (κ2) is 9.75. The zero-order valence-electron chi connectivity index (χ0n) is 32.7. The fraction of sp³-hybridized carbons (Fsp3) is 0. The van der Waals surface area contributed by atoms with Gasteiger partial charge in [-0.2, -0.15) is 0 Å². The number of nitrogens with zero attached hydrogens (tertiary/aromatic N) is 3. The first-order valence-electron chi connectivity index (χ1n) is 18.7. The molecule has 0 amide bonds. The molecule has 0 saturated heterocycles. The minimum Gasteiger partial charge on any atom is -0.455 e. The van der Waals surface area contributed by atoms with E-state index < -0.39 is 60.4 Å². The quantitative estimate of drug-likeness (QED) is 0.209. The van der Waals surface area contributed by atoms with E-state index in [0.29, 0.717) is 33.1 Å². The first kappa shape index (κ1) is 16.5. The molecule has 0 saturated carbocycles. The molecule has 44 heavy (non-hydrogen) atoms. The summed E-state index contributed by atoms with van der Waals surface area (Å²) in [5.41, 5.74) is 3.72. The van der Waals surface area contributed by atoms with Gasteiger partial charge in [0.25, 0.3) is 0 Å². The third-order valence-corrected chi connectivity index (χ3v) is 7.54. The van der Waals surface area contributed by atoms with Crippen LogP contribution < -0.4 is 0 Å². The number of para-hydroxylation sites is 3. The number of hydrogen-bond acceptors (Lipinski definition) is 5. The molecule has 5 heteroatoms. The molecule has 0 radical (unpaired) electrons. The maximum absolute atomic E-state index is 8.66. The minimum atomic E-state index is -0.618. The second-order valence-corrected chi connectivity index (χ2v) is 10.0. The van der Waals surface area contributed by atoms with Gasteiger partial charge < -0.3 is 8.83 Å².